The molecule has 170 valence electrons. The number of hydrogen-bond acceptors (Lipinski definition) is 3. The van der Waals surface area contributed by atoms with Crippen LogP contribution in [0.15, 0.2) is 41.4 Å². The fourth-order valence-electron chi connectivity index (χ4n) is 4.77. The second kappa shape index (κ2) is 11.7. The van der Waals surface area contributed by atoms with Gasteiger partial charge in [-0.1, -0.05) is 43.5 Å². The van der Waals surface area contributed by atoms with Crippen LogP contribution in [0, 0.1) is 5.92 Å². The molecule has 1 aliphatic carbocycles. The summed E-state index contributed by atoms with van der Waals surface area (Å²) in [6, 6.07) is 8.99. The molecule has 1 aromatic carbocycles. The summed E-state index contributed by atoms with van der Waals surface area (Å²) >= 11 is 0. The molecule has 1 amide bonds. The minimum absolute atomic E-state index is 0. The first-order valence-corrected chi connectivity index (χ1v) is 11.5. The average Bonchev–Trinajstić information content (AvgIpc) is 3.49. The fourth-order valence-corrected chi connectivity index (χ4v) is 4.77. The van der Waals surface area contributed by atoms with Gasteiger partial charge in [-0.05, 0) is 37.0 Å². The van der Waals surface area contributed by atoms with E-state index in [-0.39, 0.29) is 35.9 Å². The van der Waals surface area contributed by atoms with Gasteiger partial charge in [0.2, 0.25) is 5.91 Å². The van der Waals surface area contributed by atoms with Crippen LogP contribution in [-0.2, 0) is 11.3 Å². The van der Waals surface area contributed by atoms with Crippen molar-refractivity contribution in [2.45, 2.75) is 51.1 Å². The molecule has 1 atom stereocenters. The number of rotatable bonds is 5. The first-order valence-electron chi connectivity index (χ1n) is 11.5. The summed E-state index contributed by atoms with van der Waals surface area (Å²) in [7, 11) is 1.80. The SMILES string of the molecule is CN=C(NCc1ccc(N2CC=CC2)cc1)NC1CCN(C(=O)C2CCCCC2)C1.I. The Labute approximate surface area is 203 Å². The molecule has 7 heteroatoms. The monoisotopic (exact) mass is 537 g/mol. The average molecular weight is 537 g/mol. The van der Waals surface area contributed by atoms with Crippen molar-refractivity contribution in [2.24, 2.45) is 10.9 Å². The Balaban J connectivity index is 0.00000272. The summed E-state index contributed by atoms with van der Waals surface area (Å²) in [4.78, 5) is 21.6. The Morgan fingerprint density at radius 3 is 2.45 bits per heavy atom. The van der Waals surface area contributed by atoms with Gasteiger partial charge in [0.05, 0.1) is 0 Å². The molecule has 1 aromatic rings. The van der Waals surface area contributed by atoms with Crippen molar-refractivity contribution in [1.29, 1.82) is 0 Å². The number of anilines is 1. The summed E-state index contributed by atoms with van der Waals surface area (Å²) < 4.78 is 0. The molecule has 1 unspecified atom stereocenters. The fraction of sp³-hybridized carbons (Fsp3) is 0.583. The number of nitrogens with one attached hydrogen (secondary N) is 2. The highest BCUT2D eigenvalue weighted by Gasteiger charge is 2.31. The van der Waals surface area contributed by atoms with E-state index in [1.807, 2.05) is 0 Å². The number of guanidine groups is 1. The normalized spacial score (nSPS) is 21.8. The molecule has 1 saturated carbocycles. The molecule has 31 heavy (non-hydrogen) atoms. The molecule has 0 bridgehead atoms. The summed E-state index contributed by atoms with van der Waals surface area (Å²) in [5.41, 5.74) is 2.49. The van der Waals surface area contributed by atoms with Crippen molar-refractivity contribution in [2.75, 3.05) is 38.1 Å². The van der Waals surface area contributed by atoms with Crippen molar-refractivity contribution < 1.29 is 4.79 Å². The maximum absolute atomic E-state index is 12.8. The van der Waals surface area contributed by atoms with Crippen LogP contribution in [0.25, 0.3) is 0 Å². The molecule has 2 fully saturated rings. The Bertz CT molecular complexity index is 765. The van der Waals surface area contributed by atoms with Gasteiger partial charge in [0, 0.05) is 57.4 Å². The van der Waals surface area contributed by atoms with Gasteiger partial charge in [0.25, 0.3) is 0 Å². The van der Waals surface area contributed by atoms with Crippen LogP contribution in [-0.4, -0.2) is 56.0 Å². The van der Waals surface area contributed by atoms with Crippen LogP contribution in [0.3, 0.4) is 0 Å². The van der Waals surface area contributed by atoms with Gasteiger partial charge in [0.15, 0.2) is 5.96 Å². The highest BCUT2D eigenvalue weighted by molar-refractivity contribution is 14.0. The molecular formula is C24H36IN5O. The van der Waals surface area contributed by atoms with Crippen molar-refractivity contribution in [3.63, 3.8) is 0 Å². The molecule has 1 saturated heterocycles. The number of halogens is 1. The van der Waals surface area contributed by atoms with Gasteiger partial charge in [-0.2, -0.15) is 0 Å². The predicted octanol–water partition coefficient (Wildman–Crippen LogP) is 3.53. The summed E-state index contributed by atoms with van der Waals surface area (Å²) in [6.07, 6.45) is 11.2. The standard InChI is InChI=1S/C24H35N5O.HI/c1-25-24(26-17-19-9-11-22(12-10-19)28-14-5-6-15-28)27-21-13-16-29(18-21)23(30)20-7-3-2-4-8-20;/h5-6,9-12,20-21H,2-4,7-8,13-18H2,1H3,(H2,25,26,27);1H. The van der Waals surface area contributed by atoms with Crippen molar-refractivity contribution in [3.05, 3.63) is 42.0 Å². The van der Waals surface area contributed by atoms with E-state index in [1.54, 1.807) is 7.05 Å². The van der Waals surface area contributed by atoms with Crippen LogP contribution >= 0.6 is 24.0 Å². The maximum Gasteiger partial charge on any atom is 0.225 e. The number of amides is 1. The lowest BCUT2D eigenvalue weighted by Crippen LogP contribution is -2.45. The maximum atomic E-state index is 12.8. The van der Waals surface area contributed by atoms with Crippen molar-refractivity contribution in [3.8, 4) is 0 Å². The molecular weight excluding hydrogens is 501 g/mol. The van der Waals surface area contributed by atoms with Gasteiger partial charge >= 0.3 is 0 Å². The Morgan fingerprint density at radius 2 is 1.77 bits per heavy atom. The topological polar surface area (TPSA) is 60.0 Å². The lowest BCUT2D eigenvalue weighted by atomic mass is 9.88. The molecule has 6 nitrogen and oxygen atoms in total. The molecule has 2 heterocycles. The Kier molecular flexibility index (Phi) is 9.04. The molecule has 4 rings (SSSR count). The smallest absolute Gasteiger partial charge is 0.225 e. The molecule has 3 aliphatic rings. The zero-order valence-corrected chi connectivity index (χ0v) is 20.9. The highest BCUT2D eigenvalue weighted by Crippen LogP contribution is 2.26. The van der Waals surface area contributed by atoms with Crippen LogP contribution in [0.5, 0.6) is 0 Å². The molecule has 0 radical (unpaired) electrons. The van der Waals surface area contributed by atoms with Crippen LogP contribution < -0.4 is 15.5 Å². The predicted molar refractivity (Wildman–Crippen MR) is 138 cm³/mol. The first-order chi connectivity index (χ1) is 14.7. The van der Waals surface area contributed by atoms with Crippen molar-refractivity contribution in [1.82, 2.24) is 15.5 Å². The molecule has 2 N–H and O–H groups in total. The minimum Gasteiger partial charge on any atom is -0.364 e. The molecule has 2 aliphatic heterocycles. The second-order valence-corrected chi connectivity index (χ2v) is 8.72. The quantitative estimate of drug-likeness (QED) is 0.261. The number of aliphatic imine (C=N–C) groups is 1. The Hall–Kier alpha value is -1.77. The zero-order chi connectivity index (χ0) is 20.8. The number of hydrogen-bond donors (Lipinski definition) is 2. The van der Waals surface area contributed by atoms with Gasteiger partial charge in [0.1, 0.15) is 0 Å². The van der Waals surface area contributed by atoms with Gasteiger partial charge in [-0.25, -0.2) is 0 Å². The lowest BCUT2D eigenvalue weighted by Gasteiger charge is -2.26. The number of nitrogens with zero attached hydrogens (tertiary/aromatic N) is 3. The number of likely N-dealkylation sites (tertiary alicyclic amines) is 1. The van der Waals surface area contributed by atoms with E-state index < -0.39 is 0 Å². The van der Waals surface area contributed by atoms with Crippen LogP contribution in [0.1, 0.15) is 44.1 Å². The highest BCUT2D eigenvalue weighted by atomic mass is 127. The van der Waals surface area contributed by atoms with Crippen molar-refractivity contribution >= 4 is 41.5 Å². The van der Waals surface area contributed by atoms with E-state index in [2.05, 4.69) is 61.8 Å². The number of carbonyl (C=O) groups is 1. The van der Waals surface area contributed by atoms with E-state index in [0.29, 0.717) is 5.91 Å². The summed E-state index contributed by atoms with van der Waals surface area (Å²) in [6.45, 7) is 4.37. The van der Waals surface area contributed by atoms with Gasteiger partial charge in [-0.3, -0.25) is 9.79 Å². The largest absolute Gasteiger partial charge is 0.364 e. The second-order valence-electron chi connectivity index (χ2n) is 8.72. The van der Waals surface area contributed by atoms with Gasteiger partial charge in [-0.15, -0.1) is 24.0 Å². The number of benzene rings is 1. The summed E-state index contributed by atoms with van der Waals surface area (Å²) in [5, 5.41) is 6.93. The van der Waals surface area contributed by atoms with E-state index >= 15 is 0 Å². The van der Waals surface area contributed by atoms with E-state index in [4.69, 9.17) is 0 Å². The van der Waals surface area contributed by atoms with E-state index in [0.717, 1.165) is 57.9 Å². The third-order valence-corrected chi connectivity index (χ3v) is 6.60. The third-order valence-electron chi connectivity index (χ3n) is 6.60. The minimum atomic E-state index is 0. The number of carbonyl (C=O) groups excluding carboxylic acids is 1. The van der Waals surface area contributed by atoms with Crippen LogP contribution in [0.4, 0.5) is 5.69 Å². The van der Waals surface area contributed by atoms with Gasteiger partial charge < -0.3 is 20.4 Å². The Morgan fingerprint density at radius 1 is 1.06 bits per heavy atom. The van der Waals surface area contributed by atoms with E-state index in [9.17, 15) is 4.79 Å². The molecule has 0 aromatic heterocycles. The molecule has 0 spiro atoms. The van der Waals surface area contributed by atoms with Crippen LogP contribution in [0.2, 0.25) is 0 Å². The third kappa shape index (κ3) is 6.37. The van der Waals surface area contributed by atoms with E-state index in [1.165, 1.54) is 30.5 Å². The summed E-state index contributed by atoms with van der Waals surface area (Å²) in [5.74, 6) is 1.43. The lowest BCUT2D eigenvalue weighted by molar-refractivity contribution is -0.135. The zero-order valence-electron chi connectivity index (χ0n) is 18.6. The first kappa shape index (κ1) is 23.9.